The Bertz CT molecular complexity index is 511. The monoisotopic (exact) mass is 252 g/mol. The zero-order valence-electron chi connectivity index (χ0n) is 9.84. The number of nitrogens with two attached hydrogens (primary N) is 1. The van der Waals surface area contributed by atoms with Crippen molar-refractivity contribution in [3.8, 4) is 0 Å². The fourth-order valence-electron chi connectivity index (χ4n) is 1.50. The number of nitrogens with one attached hydrogen (secondary N) is 1. The quantitative estimate of drug-likeness (QED) is 0.759. The number of nitrogens with zero attached hydrogens (tertiary/aromatic N) is 2. The van der Waals surface area contributed by atoms with Gasteiger partial charge in [0.2, 0.25) is 0 Å². The van der Waals surface area contributed by atoms with Crippen LogP contribution in [0.4, 0.5) is 5.82 Å². The van der Waals surface area contributed by atoms with Crippen LogP contribution < -0.4 is 11.1 Å². The largest absolute Gasteiger partial charge is 0.392 e. The van der Waals surface area contributed by atoms with E-state index >= 15 is 0 Å². The smallest absolute Gasteiger partial charge is 0.138 e. The van der Waals surface area contributed by atoms with Crippen molar-refractivity contribution in [1.82, 2.24) is 9.97 Å². The molecule has 6 heteroatoms. The highest BCUT2D eigenvalue weighted by molar-refractivity contribution is 7.18. The van der Waals surface area contributed by atoms with E-state index in [4.69, 9.17) is 5.73 Å². The predicted molar refractivity (Wildman–Crippen MR) is 70.3 cm³/mol. The lowest BCUT2D eigenvalue weighted by molar-refractivity contribution is 0.168. The lowest BCUT2D eigenvalue weighted by Crippen LogP contribution is -2.38. The van der Waals surface area contributed by atoms with Crippen LogP contribution in [0, 0.1) is 6.92 Å². The highest BCUT2D eigenvalue weighted by Crippen LogP contribution is 2.27. The van der Waals surface area contributed by atoms with Crippen molar-refractivity contribution < 1.29 is 5.11 Å². The molecular weight excluding hydrogens is 236 g/mol. The van der Waals surface area contributed by atoms with E-state index in [1.807, 2.05) is 6.92 Å². The molecule has 2 unspecified atom stereocenters. The standard InChI is InChI=1S/C11H16N4OS/c1-6-3-8-10(13-4-9(12)7(2)16)14-5-15-11(8)17-6/h3,5,7,9,16H,4,12H2,1-2H3,(H,13,14,15). The minimum atomic E-state index is -0.538. The third kappa shape index (κ3) is 2.71. The lowest BCUT2D eigenvalue weighted by Gasteiger charge is -2.15. The Hall–Kier alpha value is -1.24. The van der Waals surface area contributed by atoms with Crippen molar-refractivity contribution in [2.45, 2.75) is 26.0 Å². The summed E-state index contributed by atoms with van der Waals surface area (Å²) in [5.74, 6) is 0.774. The maximum atomic E-state index is 9.32. The number of aliphatic hydroxyl groups is 1. The molecule has 0 saturated heterocycles. The van der Waals surface area contributed by atoms with Crippen LogP contribution >= 0.6 is 11.3 Å². The minimum absolute atomic E-state index is 0.306. The van der Waals surface area contributed by atoms with Crippen molar-refractivity contribution in [3.63, 3.8) is 0 Å². The summed E-state index contributed by atoms with van der Waals surface area (Å²) >= 11 is 1.64. The number of aliphatic hydroxyl groups excluding tert-OH is 1. The van der Waals surface area contributed by atoms with Gasteiger partial charge in [0.25, 0.3) is 0 Å². The second kappa shape index (κ2) is 4.95. The Balaban J connectivity index is 2.18. The van der Waals surface area contributed by atoms with Crippen molar-refractivity contribution in [2.75, 3.05) is 11.9 Å². The molecule has 4 N–H and O–H groups in total. The van der Waals surface area contributed by atoms with Gasteiger partial charge in [0.05, 0.1) is 11.5 Å². The average molecular weight is 252 g/mol. The molecule has 2 aromatic heterocycles. The fraction of sp³-hybridized carbons (Fsp3) is 0.455. The Morgan fingerprint density at radius 1 is 1.53 bits per heavy atom. The van der Waals surface area contributed by atoms with Gasteiger partial charge < -0.3 is 16.2 Å². The van der Waals surface area contributed by atoms with Crippen LogP contribution in [0.1, 0.15) is 11.8 Å². The molecule has 0 bridgehead atoms. The molecule has 5 nitrogen and oxygen atoms in total. The van der Waals surface area contributed by atoms with E-state index in [2.05, 4.69) is 21.4 Å². The summed E-state index contributed by atoms with van der Waals surface area (Å²) < 4.78 is 0. The molecule has 0 fully saturated rings. The average Bonchev–Trinajstić information content (AvgIpc) is 2.66. The summed E-state index contributed by atoms with van der Waals surface area (Å²) in [5.41, 5.74) is 5.76. The van der Waals surface area contributed by atoms with E-state index in [1.54, 1.807) is 18.3 Å². The molecular formula is C11H16N4OS. The molecule has 2 heterocycles. The van der Waals surface area contributed by atoms with E-state index < -0.39 is 6.10 Å². The third-order valence-electron chi connectivity index (χ3n) is 2.58. The summed E-state index contributed by atoms with van der Waals surface area (Å²) in [6, 6.07) is 1.75. The Kier molecular flexibility index (Phi) is 3.56. The van der Waals surface area contributed by atoms with Crippen LogP contribution in [0.15, 0.2) is 12.4 Å². The molecule has 0 saturated carbocycles. The molecule has 0 amide bonds. The van der Waals surface area contributed by atoms with Gasteiger partial charge in [-0.1, -0.05) is 0 Å². The second-order valence-corrected chi connectivity index (χ2v) is 5.32. The SMILES string of the molecule is Cc1cc2c(NCC(N)C(C)O)ncnc2s1. The van der Waals surface area contributed by atoms with Gasteiger partial charge in [-0.3, -0.25) is 0 Å². The highest BCUT2D eigenvalue weighted by atomic mass is 32.1. The van der Waals surface area contributed by atoms with Crippen molar-refractivity contribution >= 4 is 27.4 Å². The van der Waals surface area contributed by atoms with E-state index in [0.29, 0.717) is 6.54 Å². The van der Waals surface area contributed by atoms with Gasteiger partial charge >= 0.3 is 0 Å². The first-order valence-electron chi connectivity index (χ1n) is 5.46. The molecule has 0 aromatic carbocycles. The van der Waals surface area contributed by atoms with E-state index in [-0.39, 0.29) is 6.04 Å². The lowest BCUT2D eigenvalue weighted by atomic mass is 10.2. The fourth-order valence-corrected chi connectivity index (χ4v) is 2.35. The number of aromatic nitrogens is 2. The number of aryl methyl sites for hydroxylation is 1. The molecule has 2 rings (SSSR count). The van der Waals surface area contributed by atoms with Crippen LogP contribution in [0.25, 0.3) is 10.2 Å². The molecule has 0 spiro atoms. The van der Waals surface area contributed by atoms with Crippen LogP contribution in [-0.4, -0.2) is 33.8 Å². The maximum absolute atomic E-state index is 9.32. The molecule has 0 aliphatic carbocycles. The summed E-state index contributed by atoms with van der Waals surface area (Å²) in [4.78, 5) is 10.6. The molecule has 0 aliphatic heterocycles. The van der Waals surface area contributed by atoms with Gasteiger partial charge in [-0.15, -0.1) is 11.3 Å². The normalized spacial score (nSPS) is 14.8. The molecule has 92 valence electrons. The first-order valence-corrected chi connectivity index (χ1v) is 6.28. The zero-order chi connectivity index (χ0) is 12.4. The van der Waals surface area contributed by atoms with E-state index in [1.165, 1.54) is 11.2 Å². The Morgan fingerprint density at radius 3 is 3.00 bits per heavy atom. The first kappa shape index (κ1) is 12.2. The van der Waals surface area contributed by atoms with Gasteiger partial charge in [0.1, 0.15) is 17.0 Å². The van der Waals surface area contributed by atoms with Crippen LogP contribution in [0.5, 0.6) is 0 Å². The topological polar surface area (TPSA) is 84.1 Å². The Morgan fingerprint density at radius 2 is 2.29 bits per heavy atom. The molecule has 2 aromatic rings. The van der Waals surface area contributed by atoms with Gasteiger partial charge in [-0.05, 0) is 19.9 Å². The predicted octanol–water partition coefficient (Wildman–Crippen LogP) is 1.12. The summed E-state index contributed by atoms with van der Waals surface area (Å²) in [6.45, 7) is 4.20. The highest BCUT2D eigenvalue weighted by Gasteiger charge is 2.11. The minimum Gasteiger partial charge on any atom is -0.392 e. The van der Waals surface area contributed by atoms with Gasteiger partial charge in [0.15, 0.2) is 0 Å². The number of hydrogen-bond acceptors (Lipinski definition) is 6. The maximum Gasteiger partial charge on any atom is 0.138 e. The summed E-state index contributed by atoms with van der Waals surface area (Å²) in [6.07, 6.45) is 0.998. The van der Waals surface area contributed by atoms with Gasteiger partial charge in [-0.2, -0.15) is 0 Å². The van der Waals surface area contributed by atoms with Crippen molar-refractivity contribution in [2.24, 2.45) is 5.73 Å². The van der Waals surface area contributed by atoms with Crippen molar-refractivity contribution in [1.29, 1.82) is 0 Å². The first-order chi connectivity index (χ1) is 8.08. The van der Waals surface area contributed by atoms with E-state index in [9.17, 15) is 5.11 Å². The van der Waals surface area contributed by atoms with Gasteiger partial charge in [-0.25, -0.2) is 9.97 Å². The summed E-state index contributed by atoms with van der Waals surface area (Å²) in [5, 5.41) is 13.5. The van der Waals surface area contributed by atoms with Crippen LogP contribution in [-0.2, 0) is 0 Å². The van der Waals surface area contributed by atoms with Crippen LogP contribution in [0.3, 0.4) is 0 Å². The van der Waals surface area contributed by atoms with Gasteiger partial charge in [0, 0.05) is 17.5 Å². The molecule has 0 radical (unpaired) electrons. The number of thiophene rings is 1. The number of hydrogen-bond donors (Lipinski definition) is 3. The number of fused-ring (bicyclic) bond motifs is 1. The van der Waals surface area contributed by atoms with Crippen molar-refractivity contribution in [3.05, 3.63) is 17.3 Å². The zero-order valence-corrected chi connectivity index (χ0v) is 10.7. The molecule has 2 atom stereocenters. The second-order valence-electron chi connectivity index (χ2n) is 4.08. The van der Waals surface area contributed by atoms with E-state index in [0.717, 1.165) is 16.0 Å². The third-order valence-corrected chi connectivity index (χ3v) is 3.54. The number of anilines is 1. The van der Waals surface area contributed by atoms with Crippen LogP contribution in [0.2, 0.25) is 0 Å². The Labute approximate surface area is 104 Å². The molecule has 17 heavy (non-hydrogen) atoms. The molecule has 0 aliphatic rings. The summed E-state index contributed by atoms with van der Waals surface area (Å²) in [7, 11) is 0. The number of rotatable bonds is 4.